The van der Waals surface area contributed by atoms with Crippen LogP contribution in [0.25, 0.3) is 0 Å². The van der Waals surface area contributed by atoms with Gasteiger partial charge in [-0.3, -0.25) is 10.2 Å². The summed E-state index contributed by atoms with van der Waals surface area (Å²) in [6.07, 6.45) is -1.82. The number of nitrogens with zero attached hydrogens (tertiary/aromatic N) is 1. The summed E-state index contributed by atoms with van der Waals surface area (Å²) in [6.45, 7) is 0.991. The summed E-state index contributed by atoms with van der Waals surface area (Å²) < 4.78 is 49.8. The highest BCUT2D eigenvalue weighted by Crippen LogP contribution is 2.45. The molecule has 2 heterocycles. The average molecular weight is 316 g/mol. The molecule has 1 aromatic rings. The van der Waals surface area contributed by atoms with Gasteiger partial charge < -0.3 is 9.47 Å². The molecular formula is C14H15F3N2O3. The molecule has 1 aromatic carbocycles. The SMILES string of the molecule is O=C(NN1CCCCC1)c1ccc2c(c1C(F)(F)F)OCO2. The molecule has 0 radical (unpaired) electrons. The van der Waals surface area contributed by atoms with Crippen LogP contribution >= 0.6 is 0 Å². The number of carbonyl (C=O) groups excluding carboxylic acids is 1. The smallest absolute Gasteiger partial charge is 0.420 e. The highest BCUT2D eigenvalue weighted by Gasteiger charge is 2.42. The molecule has 1 amide bonds. The van der Waals surface area contributed by atoms with Crippen molar-refractivity contribution >= 4 is 5.91 Å². The molecule has 2 aliphatic rings. The lowest BCUT2D eigenvalue weighted by Crippen LogP contribution is -2.45. The minimum absolute atomic E-state index is 0.00171. The number of carbonyl (C=O) groups is 1. The monoisotopic (exact) mass is 316 g/mol. The number of nitrogens with one attached hydrogen (secondary N) is 1. The van der Waals surface area contributed by atoms with E-state index >= 15 is 0 Å². The summed E-state index contributed by atoms with van der Waals surface area (Å²) >= 11 is 0. The number of benzene rings is 1. The van der Waals surface area contributed by atoms with Gasteiger partial charge in [0.1, 0.15) is 5.56 Å². The molecule has 2 aliphatic heterocycles. The van der Waals surface area contributed by atoms with Crippen LogP contribution in [0.15, 0.2) is 12.1 Å². The van der Waals surface area contributed by atoms with E-state index in [2.05, 4.69) is 5.43 Å². The van der Waals surface area contributed by atoms with Gasteiger partial charge in [-0.25, -0.2) is 5.01 Å². The molecule has 1 saturated heterocycles. The maximum absolute atomic E-state index is 13.3. The van der Waals surface area contributed by atoms with E-state index in [0.717, 1.165) is 25.3 Å². The second-order valence-electron chi connectivity index (χ2n) is 5.21. The molecule has 120 valence electrons. The van der Waals surface area contributed by atoms with Gasteiger partial charge in [0.2, 0.25) is 6.79 Å². The molecule has 1 N–H and O–H groups in total. The van der Waals surface area contributed by atoms with Crippen molar-refractivity contribution < 1.29 is 27.4 Å². The van der Waals surface area contributed by atoms with Crippen molar-refractivity contribution in [2.75, 3.05) is 19.9 Å². The number of ether oxygens (including phenoxy) is 2. The third-order valence-corrected chi connectivity index (χ3v) is 3.68. The van der Waals surface area contributed by atoms with Crippen LogP contribution in [0, 0.1) is 0 Å². The van der Waals surface area contributed by atoms with Crippen molar-refractivity contribution in [1.29, 1.82) is 0 Å². The zero-order valence-corrected chi connectivity index (χ0v) is 11.7. The van der Waals surface area contributed by atoms with Gasteiger partial charge in [0.25, 0.3) is 5.91 Å². The topological polar surface area (TPSA) is 50.8 Å². The fourth-order valence-corrected chi connectivity index (χ4v) is 2.65. The molecule has 0 aliphatic carbocycles. The van der Waals surface area contributed by atoms with E-state index in [1.165, 1.54) is 6.07 Å². The average Bonchev–Trinajstić information content (AvgIpc) is 2.94. The van der Waals surface area contributed by atoms with E-state index in [1.807, 2.05) is 0 Å². The summed E-state index contributed by atoms with van der Waals surface area (Å²) in [5.41, 5.74) is 0.995. The summed E-state index contributed by atoms with van der Waals surface area (Å²) in [6, 6.07) is 2.44. The van der Waals surface area contributed by atoms with Gasteiger partial charge in [-0.15, -0.1) is 0 Å². The molecule has 3 rings (SSSR count). The Morgan fingerprint density at radius 2 is 1.86 bits per heavy atom. The molecule has 0 spiro atoms. The molecule has 0 atom stereocenters. The lowest BCUT2D eigenvalue weighted by Gasteiger charge is -2.27. The summed E-state index contributed by atoms with van der Waals surface area (Å²) in [4.78, 5) is 12.2. The van der Waals surface area contributed by atoms with Crippen LogP contribution < -0.4 is 14.9 Å². The van der Waals surface area contributed by atoms with Crippen molar-refractivity contribution in [2.45, 2.75) is 25.4 Å². The number of hydrogen-bond donors (Lipinski definition) is 1. The van der Waals surface area contributed by atoms with Crippen LogP contribution in [0.2, 0.25) is 0 Å². The predicted octanol–water partition coefficient (Wildman–Crippen LogP) is 2.56. The quantitative estimate of drug-likeness (QED) is 0.911. The largest absolute Gasteiger partial charge is 0.454 e. The number of amides is 1. The van der Waals surface area contributed by atoms with Crippen LogP contribution in [0.1, 0.15) is 35.2 Å². The molecular weight excluding hydrogens is 301 g/mol. The Balaban J connectivity index is 1.91. The van der Waals surface area contributed by atoms with Gasteiger partial charge in [0, 0.05) is 13.1 Å². The summed E-state index contributed by atoms with van der Waals surface area (Å²) in [7, 11) is 0. The van der Waals surface area contributed by atoms with Crippen molar-refractivity contribution in [3.63, 3.8) is 0 Å². The van der Waals surface area contributed by atoms with E-state index in [4.69, 9.17) is 9.47 Å². The van der Waals surface area contributed by atoms with E-state index in [9.17, 15) is 18.0 Å². The Morgan fingerprint density at radius 3 is 2.55 bits per heavy atom. The van der Waals surface area contributed by atoms with E-state index < -0.39 is 29.0 Å². The zero-order chi connectivity index (χ0) is 15.7. The molecule has 1 fully saturated rings. The van der Waals surface area contributed by atoms with Crippen molar-refractivity contribution in [3.05, 3.63) is 23.3 Å². The number of halogens is 3. The second-order valence-corrected chi connectivity index (χ2v) is 5.21. The fourth-order valence-electron chi connectivity index (χ4n) is 2.65. The van der Waals surface area contributed by atoms with E-state index in [1.54, 1.807) is 5.01 Å². The Labute approximate surface area is 125 Å². The first kappa shape index (κ1) is 15.0. The third kappa shape index (κ3) is 2.83. The van der Waals surface area contributed by atoms with Gasteiger partial charge in [0.05, 0.1) is 5.56 Å². The summed E-state index contributed by atoms with van der Waals surface area (Å²) in [5.74, 6) is -1.20. The van der Waals surface area contributed by atoms with Crippen LogP contribution in [0.3, 0.4) is 0 Å². The van der Waals surface area contributed by atoms with Crippen LogP contribution in [0.5, 0.6) is 11.5 Å². The van der Waals surface area contributed by atoms with Gasteiger partial charge in [-0.05, 0) is 25.0 Å². The maximum Gasteiger partial charge on any atom is 0.420 e. The molecule has 5 nitrogen and oxygen atoms in total. The Hall–Kier alpha value is -1.96. The fraction of sp³-hybridized carbons (Fsp3) is 0.500. The Morgan fingerprint density at radius 1 is 1.14 bits per heavy atom. The van der Waals surface area contributed by atoms with Crippen LogP contribution in [-0.2, 0) is 6.18 Å². The number of piperidine rings is 1. The standard InChI is InChI=1S/C14H15F3N2O3/c15-14(16,17)11-9(4-5-10-12(11)22-8-21-10)13(20)18-19-6-2-1-3-7-19/h4-5H,1-3,6-8H2,(H,18,20). The predicted molar refractivity (Wildman–Crippen MR) is 70.5 cm³/mol. The first-order chi connectivity index (χ1) is 10.5. The van der Waals surface area contributed by atoms with Gasteiger partial charge in [0.15, 0.2) is 11.5 Å². The molecule has 0 unspecified atom stereocenters. The van der Waals surface area contributed by atoms with Gasteiger partial charge >= 0.3 is 6.18 Å². The zero-order valence-electron chi connectivity index (χ0n) is 11.7. The number of rotatable bonds is 2. The minimum atomic E-state index is -4.70. The third-order valence-electron chi connectivity index (χ3n) is 3.68. The van der Waals surface area contributed by atoms with E-state index in [0.29, 0.717) is 13.1 Å². The number of hydrogen-bond acceptors (Lipinski definition) is 4. The van der Waals surface area contributed by atoms with Crippen molar-refractivity contribution in [1.82, 2.24) is 10.4 Å². The summed E-state index contributed by atoms with van der Waals surface area (Å²) in [5, 5.41) is 1.65. The number of hydrazine groups is 1. The second kappa shape index (κ2) is 5.68. The highest BCUT2D eigenvalue weighted by molar-refractivity contribution is 5.96. The van der Waals surface area contributed by atoms with Crippen molar-refractivity contribution in [3.8, 4) is 11.5 Å². The Kier molecular flexibility index (Phi) is 3.86. The van der Waals surface area contributed by atoms with Gasteiger partial charge in [-0.1, -0.05) is 6.42 Å². The van der Waals surface area contributed by atoms with Crippen LogP contribution in [-0.4, -0.2) is 30.8 Å². The molecule has 0 bridgehead atoms. The molecule has 8 heteroatoms. The lowest BCUT2D eigenvalue weighted by atomic mass is 10.0. The number of alkyl halides is 3. The minimum Gasteiger partial charge on any atom is -0.454 e. The molecule has 22 heavy (non-hydrogen) atoms. The normalized spacial score (nSPS) is 18.3. The highest BCUT2D eigenvalue weighted by atomic mass is 19.4. The molecule has 0 saturated carbocycles. The van der Waals surface area contributed by atoms with Crippen LogP contribution in [0.4, 0.5) is 13.2 Å². The first-order valence-electron chi connectivity index (χ1n) is 7.02. The first-order valence-corrected chi connectivity index (χ1v) is 7.02. The number of fused-ring (bicyclic) bond motifs is 1. The Bertz CT molecular complexity index is 583. The molecule has 0 aromatic heterocycles. The maximum atomic E-state index is 13.3. The lowest BCUT2D eigenvalue weighted by molar-refractivity contribution is -0.139. The van der Waals surface area contributed by atoms with E-state index in [-0.39, 0.29) is 12.5 Å². The van der Waals surface area contributed by atoms with Gasteiger partial charge in [-0.2, -0.15) is 13.2 Å². The van der Waals surface area contributed by atoms with Crippen molar-refractivity contribution in [2.24, 2.45) is 0 Å².